The van der Waals surface area contributed by atoms with Gasteiger partial charge in [0.1, 0.15) is 0 Å². The second-order valence-corrected chi connectivity index (χ2v) is 5.12. The smallest absolute Gasteiger partial charge is 0.293 e. The first-order valence-electron chi connectivity index (χ1n) is 6.10. The molecule has 18 heavy (non-hydrogen) atoms. The molecule has 0 aromatic carbocycles. The van der Waals surface area contributed by atoms with E-state index in [-0.39, 0.29) is 17.7 Å². The molecule has 2 atom stereocenters. The third-order valence-electron chi connectivity index (χ3n) is 3.24. The molecule has 0 spiro atoms. The lowest BCUT2D eigenvalue weighted by Gasteiger charge is -2.27. The van der Waals surface area contributed by atoms with Crippen LogP contribution < -0.4 is 10.5 Å². The second-order valence-electron chi connectivity index (χ2n) is 5.12. The molecule has 1 aromatic heterocycles. The van der Waals surface area contributed by atoms with Crippen LogP contribution in [0, 0.1) is 0 Å². The largest absolute Gasteiger partial charge is 0.391 e. The van der Waals surface area contributed by atoms with Gasteiger partial charge in [-0.05, 0) is 20.5 Å². The summed E-state index contributed by atoms with van der Waals surface area (Å²) < 4.78 is 1.51. The average molecular weight is 252 g/mol. The van der Waals surface area contributed by atoms with E-state index in [1.54, 1.807) is 19.4 Å². The van der Waals surface area contributed by atoms with Crippen LogP contribution in [0.25, 0.3) is 0 Å². The van der Waals surface area contributed by atoms with Gasteiger partial charge in [-0.1, -0.05) is 0 Å². The maximum absolute atomic E-state index is 12.1. The Morgan fingerprint density at radius 1 is 1.56 bits per heavy atom. The molecule has 1 N–H and O–H groups in total. The molecule has 1 aliphatic rings. The predicted octanol–water partition coefficient (Wildman–Crippen LogP) is -0.718. The van der Waals surface area contributed by atoms with Crippen molar-refractivity contribution < 1.29 is 5.11 Å². The Kier molecular flexibility index (Phi) is 3.68. The summed E-state index contributed by atoms with van der Waals surface area (Å²) in [5, 5.41) is 9.81. The molecule has 0 aliphatic carbocycles. The lowest BCUT2D eigenvalue weighted by Crippen LogP contribution is -2.41. The number of aliphatic hydroxyl groups excluding tert-OH is 1. The van der Waals surface area contributed by atoms with E-state index in [4.69, 9.17) is 0 Å². The van der Waals surface area contributed by atoms with Crippen LogP contribution in [0.4, 0.5) is 5.82 Å². The van der Waals surface area contributed by atoms with Crippen molar-refractivity contribution >= 4 is 5.82 Å². The molecular formula is C12H20N4O2. The quantitative estimate of drug-likeness (QED) is 0.769. The lowest BCUT2D eigenvalue weighted by atomic mass is 10.2. The van der Waals surface area contributed by atoms with Gasteiger partial charge in [-0.15, -0.1) is 0 Å². The Morgan fingerprint density at radius 3 is 2.94 bits per heavy atom. The van der Waals surface area contributed by atoms with Gasteiger partial charge in [0.2, 0.25) is 0 Å². The van der Waals surface area contributed by atoms with Gasteiger partial charge >= 0.3 is 0 Å². The Morgan fingerprint density at radius 2 is 2.28 bits per heavy atom. The van der Waals surface area contributed by atoms with Gasteiger partial charge in [0.25, 0.3) is 5.56 Å². The van der Waals surface area contributed by atoms with E-state index in [9.17, 15) is 9.90 Å². The fourth-order valence-electron chi connectivity index (χ4n) is 2.43. The van der Waals surface area contributed by atoms with Crippen LogP contribution in [0.15, 0.2) is 17.2 Å². The minimum atomic E-state index is -0.387. The minimum absolute atomic E-state index is 0.115. The summed E-state index contributed by atoms with van der Waals surface area (Å²) in [6.07, 6.45) is 3.55. The minimum Gasteiger partial charge on any atom is -0.391 e. The van der Waals surface area contributed by atoms with Crippen LogP contribution in [0.1, 0.15) is 6.42 Å². The molecule has 1 saturated heterocycles. The number of aromatic nitrogens is 2. The second kappa shape index (κ2) is 5.07. The van der Waals surface area contributed by atoms with E-state index in [0.29, 0.717) is 18.8 Å². The van der Waals surface area contributed by atoms with Crippen LogP contribution in [0.2, 0.25) is 0 Å². The van der Waals surface area contributed by atoms with E-state index in [2.05, 4.69) is 9.88 Å². The summed E-state index contributed by atoms with van der Waals surface area (Å²) in [4.78, 5) is 20.2. The third-order valence-corrected chi connectivity index (χ3v) is 3.24. The van der Waals surface area contributed by atoms with Crippen molar-refractivity contribution in [2.24, 2.45) is 7.05 Å². The molecule has 1 aliphatic heterocycles. The predicted molar refractivity (Wildman–Crippen MR) is 69.8 cm³/mol. The first kappa shape index (κ1) is 13.0. The summed E-state index contributed by atoms with van der Waals surface area (Å²) in [5.74, 6) is 0.434. The molecule has 100 valence electrons. The number of likely N-dealkylation sites (N-methyl/N-ethyl adjacent to an activating group) is 1. The fraction of sp³-hybridized carbons (Fsp3) is 0.667. The molecule has 2 heterocycles. The Labute approximate surface area is 106 Å². The normalized spacial score (nSPS) is 23.9. The molecule has 2 rings (SSSR count). The SMILES string of the molecule is CN(C)CC1CC(O)CN1c1nccn(C)c1=O. The summed E-state index contributed by atoms with van der Waals surface area (Å²) in [6.45, 7) is 1.28. The van der Waals surface area contributed by atoms with Gasteiger partial charge in [-0.3, -0.25) is 4.79 Å². The van der Waals surface area contributed by atoms with Gasteiger partial charge in [-0.25, -0.2) is 4.98 Å². The van der Waals surface area contributed by atoms with Gasteiger partial charge in [0.05, 0.1) is 6.10 Å². The molecule has 6 heteroatoms. The van der Waals surface area contributed by atoms with E-state index in [0.717, 1.165) is 6.54 Å². The van der Waals surface area contributed by atoms with Crippen molar-refractivity contribution in [3.05, 3.63) is 22.7 Å². The molecule has 1 fully saturated rings. The monoisotopic (exact) mass is 252 g/mol. The molecular weight excluding hydrogens is 232 g/mol. The summed E-state index contributed by atoms with van der Waals surface area (Å²) in [6, 6.07) is 0.137. The number of hydrogen-bond acceptors (Lipinski definition) is 5. The molecule has 0 radical (unpaired) electrons. The summed E-state index contributed by atoms with van der Waals surface area (Å²) in [7, 11) is 5.68. The highest BCUT2D eigenvalue weighted by Gasteiger charge is 2.33. The van der Waals surface area contributed by atoms with Crippen molar-refractivity contribution in [3.63, 3.8) is 0 Å². The van der Waals surface area contributed by atoms with E-state index < -0.39 is 0 Å². The van der Waals surface area contributed by atoms with Crippen molar-refractivity contribution in [2.75, 3.05) is 32.1 Å². The first-order valence-corrected chi connectivity index (χ1v) is 6.10. The topological polar surface area (TPSA) is 61.6 Å². The third kappa shape index (κ3) is 2.54. The maximum Gasteiger partial charge on any atom is 0.293 e. The molecule has 0 saturated carbocycles. The zero-order chi connectivity index (χ0) is 13.3. The standard InChI is InChI=1S/C12H20N4O2/c1-14(2)7-9-6-10(17)8-16(9)11-12(18)15(3)5-4-13-11/h4-5,9-10,17H,6-8H2,1-3H3. The van der Waals surface area contributed by atoms with Crippen molar-refractivity contribution in [2.45, 2.75) is 18.6 Å². The van der Waals surface area contributed by atoms with Gasteiger partial charge in [0, 0.05) is 38.6 Å². The number of nitrogens with zero attached hydrogens (tertiary/aromatic N) is 4. The number of aryl methyl sites for hydroxylation is 1. The molecule has 0 amide bonds. The highest BCUT2D eigenvalue weighted by atomic mass is 16.3. The molecule has 6 nitrogen and oxygen atoms in total. The molecule has 2 unspecified atom stereocenters. The zero-order valence-electron chi connectivity index (χ0n) is 11.1. The van der Waals surface area contributed by atoms with Crippen molar-refractivity contribution in [1.29, 1.82) is 0 Å². The fourth-order valence-corrected chi connectivity index (χ4v) is 2.43. The number of β-amino-alcohol motifs (C(OH)–C–C–N with tert-alkyl or cyclic N) is 1. The van der Waals surface area contributed by atoms with Gasteiger partial charge < -0.3 is 19.5 Å². The summed E-state index contributed by atoms with van der Waals surface area (Å²) in [5.41, 5.74) is -0.115. The van der Waals surface area contributed by atoms with E-state index in [1.165, 1.54) is 4.57 Å². The Balaban J connectivity index is 2.30. The van der Waals surface area contributed by atoms with Crippen LogP contribution in [0.3, 0.4) is 0 Å². The molecule has 0 bridgehead atoms. The van der Waals surface area contributed by atoms with Gasteiger partial charge in [-0.2, -0.15) is 0 Å². The highest BCUT2D eigenvalue weighted by molar-refractivity contribution is 5.39. The maximum atomic E-state index is 12.1. The zero-order valence-corrected chi connectivity index (χ0v) is 11.1. The van der Waals surface area contributed by atoms with E-state index in [1.807, 2.05) is 19.0 Å². The van der Waals surface area contributed by atoms with Crippen LogP contribution in [-0.4, -0.2) is 58.9 Å². The number of rotatable bonds is 3. The highest BCUT2D eigenvalue weighted by Crippen LogP contribution is 2.21. The van der Waals surface area contributed by atoms with E-state index >= 15 is 0 Å². The first-order chi connectivity index (χ1) is 8.49. The number of anilines is 1. The van der Waals surface area contributed by atoms with Crippen molar-refractivity contribution in [3.8, 4) is 0 Å². The van der Waals surface area contributed by atoms with Crippen LogP contribution in [0.5, 0.6) is 0 Å². The Hall–Kier alpha value is -1.40. The lowest BCUT2D eigenvalue weighted by molar-refractivity contribution is 0.191. The van der Waals surface area contributed by atoms with Crippen LogP contribution in [-0.2, 0) is 7.05 Å². The number of aliphatic hydroxyl groups is 1. The Bertz CT molecular complexity index is 471. The number of hydrogen-bond donors (Lipinski definition) is 1. The van der Waals surface area contributed by atoms with Crippen LogP contribution >= 0.6 is 0 Å². The average Bonchev–Trinajstić information content (AvgIpc) is 2.62. The van der Waals surface area contributed by atoms with Crippen molar-refractivity contribution in [1.82, 2.24) is 14.5 Å². The molecule has 1 aromatic rings. The summed E-state index contributed by atoms with van der Waals surface area (Å²) >= 11 is 0. The van der Waals surface area contributed by atoms with Gasteiger partial charge in [0.15, 0.2) is 5.82 Å².